The third-order valence-corrected chi connectivity index (χ3v) is 6.47. The largest absolute Gasteiger partial charge is 0.350 e. The van der Waals surface area contributed by atoms with Gasteiger partial charge in [-0.15, -0.1) is 22.7 Å². The summed E-state index contributed by atoms with van der Waals surface area (Å²) in [6.45, 7) is 4.24. The minimum Gasteiger partial charge on any atom is -0.350 e. The second kappa shape index (κ2) is 7.82. The standard InChI is InChI=1S/C14H18N2O2S3/c1-3-13-16-11(8-20-13)9-21(18)10(2)14(17)15-7-12-5-4-6-19-12/h4-6,8,10H,3,7,9H2,1-2H3,(H,15,17)/t10-,21-/m1/s1. The Balaban J connectivity index is 1.84. The zero-order valence-corrected chi connectivity index (χ0v) is 14.4. The summed E-state index contributed by atoms with van der Waals surface area (Å²) in [4.78, 5) is 17.5. The quantitative estimate of drug-likeness (QED) is 0.842. The van der Waals surface area contributed by atoms with Crippen molar-refractivity contribution >= 4 is 39.4 Å². The minimum atomic E-state index is -1.25. The second-order valence-corrected chi connectivity index (χ2v) is 8.28. The van der Waals surface area contributed by atoms with E-state index in [9.17, 15) is 9.00 Å². The first-order valence-electron chi connectivity index (χ1n) is 6.70. The maximum absolute atomic E-state index is 12.2. The van der Waals surface area contributed by atoms with Crippen LogP contribution in [0, 0.1) is 0 Å². The van der Waals surface area contributed by atoms with Gasteiger partial charge >= 0.3 is 0 Å². The Labute approximate surface area is 135 Å². The van der Waals surface area contributed by atoms with Crippen molar-refractivity contribution in [1.29, 1.82) is 0 Å². The van der Waals surface area contributed by atoms with Crippen LogP contribution in [-0.4, -0.2) is 20.3 Å². The highest BCUT2D eigenvalue weighted by molar-refractivity contribution is 7.85. The molecular weight excluding hydrogens is 324 g/mol. The summed E-state index contributed by atoms with van der Waals surface area (Å²) >= 11 is 3.17. The zero-order valence-electron chi connectivity index (χ0n) is 12.0. The highest BCUT2D eigenvalue weighted by atomic mass is 32.2. The molecule has 7 heteroatoms. The van der Waals surface area contributed by atoms with Crippen LogP contribution in [0.2, 0.25) is 0 Å². The lowest BCUT2D eigenvalue weighted by atomic mass is 10.4. The summed E-state index contributed by atoms with van der Waals surface area (Å²) in [6, 6.07) is 3.91. The molecule has 4 nitrogen and oxygen atoms in total. The van der Waals surface area contributed by atoms with Crippen molar-refractivity contribution in [2.75, 3.05) is 0 Å². The first kappa shape index (κ1) is 16.3. The monoisotopic (exact) mass is 342 g/mol. The Hall–Kier alpha value is -1.05. The molecule has 2 atom stereocenters. The van der Waals surface area contributed by atoms with Crippen LogP contribution in [0.1, 0.15) is 29.4 Å². The van der Waals surface area contributed by atoms with E-state index in [4.69, 9.17) is 0 Å². The van der Waals surface area contributed by atoms with E-state index in [2.05, 4.69) is 10.3 Å². The lowest BCUT2D eigenvalue weighted by Crippen LogP contribution is -2.35. The van der Waals surface area contributed by atoms with Gasteiger partial charge in [0.15, 0.2) is 0 Å². The molecule has 1 amide bonds. The molecule has 0 aromatic carbocycles. The summed E-state index contributed by atoms with van der Waals surface area (Å²) in [5.41, 5.74) is 0.813. The summed E-state index contributed by atoms with van der Waals surface area (Å²) in [6.07, 6.45) is 0.883. The third-order valence-electron chi connectivity index (χ3n) is 2.97. The van der Waals surface area contributed by atoms with Gasteiger partial charge in [0.05, 0.1) is 23.0 Å². The zero-order chi connectivity index (χ0) is 15.2. The molecular formula is C14H18N2O2S3. The number of hydrogen-bond acceptors (Lipinski definition) is 5. The fraction of sp³-hybridized carbons (Fsp3) is 0.429. The Morgan fingerprint density at radius 1 is 1.48 bits per heavy atom. The number of thiazole rings is 1. The fourth-order valence-electron chi connectivity index (χ4n) is 1.70. The number of aromatic nitrogens is 1. The number of nitrogens with zero attached hydrogens (tertiary/aromatic N) is 1. The topological polar surface area (TPSA) is 59.1 Å². The van der Waals surface area contributed by atoms with E-state index < -0.39 is 16.0 Å². The van der Waals surface area contributed by atoms with Crippen LogP contribution in [0.15, 0.2) is 22.9 Å². The van der Waals surface area contributed by atoms with E-state index in [1.807, 2.05) is 29.8 Å². The molecule has 0 spiro atoms. The fourth-order valence-corrected chi connectivity index (χ4v) is 4.21. The maximum atomic E-state index is 12.2. The van der Waals surface area contributed by atoms with Crippen molar-refractivity contribution in [3.05, 3.63) is 38.5 Å². The van der Waals surface area contributed by atoms with Crippen molar-refractivity contribution < 1.29 is 9.00 Å². The van der Waals surface area contributed by atoms with Gasteiger partial charge in [-0.1, -0.05) is 13.0 Å². The summed E-state index contributed by atoms with van der Waals surface area (Å²) in [5, 5.41) is 7.23. The van der Waals surface area contributed by atoms with Gasteiger partial charge in [0.25, 0.3) is 0 Å². The molecule has 0 bridgehead atoms. The number of carbonyl (C=O) groups excluding carboxylic acids is 1. The van der Waals surface area contributed by atoms with Crippen LogP contribution in [0.25, 0.3) is 0 Å². The Kier molecular flexibility index (Phi) is 6.08. The van der Waals surface area contributed by atoms with Crippen LogP contribution in [0.5, 0.6) is 0 Å². The minimum absolute atomic E-state index is 0.173. The van der Waals surface area contributed by atoms with Gasteiger partial charge in [-0.05, 0) is 24.8 Å². The molecule has 2 aromatic heterocycles. The molecule has 0 aliphatic carbocycles. The number of carbonyl (C=O) groups is 1. The van der Waals surface area contributed by atoms with Gasteiger partial charge in [0.1, 0.15) is 5.25 Å². The Morgan fingerprint density at radius 2 is 2.29 bits per heavy atom. The van der Waals surface area contributed by atoms with Crippen LogP contribution in [0.3, 0.4) is 0 Å². The summed E-state index contributed by atoms with van der Waals surface area (Å²) in [5.74, 6) is 0.164. The van der Waals surface area contributed by atoms with Crippen molar-refractivity contribution in [3.63, 3.8) is 0 Å². The SMILES string of the molecule is CCc1nc(C[S@@](=O)[C@H](C)C(=O)NCc2cccs2)cs1. The number of thiophene rings is 1. The lowest BCUT2D eigenvalue weighted by molar-refractivity contribution is -0.120. The third kappa shape index (κ3) is 4.72. The number of rotatable bonds is 7. The molecule has 0 fully saturated rings. The van der Waals surface area contributed by atoms with Crippen LogP contribution in [0.4, 0.5) is 0 Å². The molecule has 0 unspecified atom stereocenters. The summed E-state index contributed by atoms with van der Waals surface area (Å²) < 4.78 is 12.2. The first-order valence-corrected chi connectivity index (χ1v) is 9.84. The first-order chi connectivity index (χ1) is 10.1. The molecule has 0 aliphatic heterocycles. The van der Waals surface area contributed by atoms with E-state index >= 15 is 0 Å². The molecule has 0 saturated carbocycles. The van der Waals surface area contributed by atoms with Crippen molar-refractivity contribution in [1.82, 2.24) is 10.3 Å². The molecule has 2 aromatic rings. The van der Waals surface area contributed by atoms with Gasteiger partial charge < -0.3 is 5.32 Å². The molecule has 114 valence electrons. The number of hydrogen-bond donors (Lipinski definition) is 1. The smallest absolute Gasteiger partial charge is 0.235 e. The molecule has 0 aliphatic rings. The summed E-state index contributed by atoms with van der Waals surface area (Å²) in [7, 11) is -1.25. The lowest BCUT2D eigenvalue weighted by Gasteiger charge is -2.10. The van der Waals surface area contributed by atoms with Crippen LogP contribution in [-0.2, 0) is 34.3 Å². The highest BCUT2D eigenvalue weighted by Gasteiger charge is 2.20. The van der Waals surface area contributed by atoms with E-state index in [-0.39, 0.29) is 5.91 Å². The van der Waals surface area contributed by atoms with E-state index in [1.165, 1.54) is 0 Å². The van der Waals surface area contributed by atoms with Gasteiger partial charge in [-0.25, -0.2) is 4.98 Å². The van der Waals surface area contributed by atoms with Crippen LogP contribution < -0.4 is 5.32 Å². The molecule has 1 N–H and O–H groups in total. The molecule has 2 rings (SSSR count). The second-order valence-electron chi connectivity index (χ2n) is 4.55. The Morgan fingerprint density at radius 3 is 2.90 bits per heavy atom. The van der Waals surface area contributed by atoms with Gasteiger partial charge in [0.2, 0.25) is 5.91 Å². The van der Waals surface area contributed by atoms with E-state index in [0.29, 0.717) is 12.3 Å². The normalized spacial score (nSPS) is 13.8. The van der Waals surface area contributed by atoms with Gasteiger partial charge in [-0.3, -0.25) is 9.00 Å². The van der Waals surface area contributed by atoms with Crippen LogP contribution >= 0.6 is 22.7 Å². The number of nitrogens with one attached hydrogen (secondary N) is 1. The molecule has 2 heterocycles. The Bertz CT molecular complexity index is 608. The van der Waals surface area contributed by atoms with Gasteiger partial charge in [-0.2, -0.15) is 0 Å². The predicted octanol–water partition coefficient (Wildman–Crippen LogP) is 2.72. The molecule has 21 heavy (non-hydrogen) atoms. The molecule has 0 radical (unpaired) electrons. The highest BCUT2D eigenvalue weighted by Crippen LogP contribution is 2.14. The van der Waals surface area contributed by atoms with Gasteiger partial charge in [0, 0.05) is 21.1 Å². The average Bonchev–Trinajstić information content (AvgIpc) is 3.14. The van der Waals surface area contributed by atoms with Crippen molar-refractivity contribution in [2.45, 2.75) is 37.8 Å². The van der Waals surface area contributed by atoms with Crippen molar-refractivity contribution in [3.8, 4) is 0 Å². The number of amides is 1. The maximum Gasteiger partial charge on any atom is 0.235 e. The molecule has 0 saturated heterocycles. The van der Waals surface area contributed by atoms with E-state index in [1.54, 1.807) is 29.6 Å². The average molecular weight is 343 g/mol. The number of aryl methyl sites for hydroxylation is 1. The van der Waals surface area contributed by atoms with E-state index in [0.717, 1.165) is 22.0 Å². The predicted molar refractivity (Wildman–Crippen MR) is 89.0 cm³/mol. The van der Waals surface area contributed by atoms with Crippen molar-refractivity contribution in [2.24, 2.45) is 0 Å².